The van der Waals surface area contributed by atoms with Crippen molar-refractivity contribution in [2.24, 2.45) is 0 Å². The molecule has 0 atom stereocenters. The molecule has 0 saturated carbocycles. The summed E-state index contributed by atoms with van der Waals surface area (Å²) in [6, 6.07) is 27.6. The number of aryl methyl sites for hydroxylation is 1. The van der Waals surface area contributed by atoms with Crippen molar-refractivity contribution in [1.82, 2.24) is 20.2 Å². The summed E-state index contributed by atoms with van der Waals surface area (Å²) in [5.74, 6) is 0.00253. The van der Waals surface area contributed by atoms with Gasteiger partial charge in [0.05, 0.1) is 0 Å². The molecular weight excluding hydrogens is 376 g/mol. The van der Waals surface area contributed by atoms with Gasteiger partial charge in [0.25, 0.3) is 0 Å². The molecule has 30 heavy (non-hydrogen) atoms. The van der Waals surface area contributed by atoms with Gasteiger partial charge in [-0.15, -0.1) is 5.10 Å². The standard InChI is InChI=1S/C24H20N4O2/c1-18-25-26-27-28(18)23(16-19-8-4-2-5-9-19)24(29)30-17-20-12-14-22(15-13-20)21-10-6-3-7-11-21/h2-16H,17H2,1H3/b23-16-. The average molecular weight is 396 g/mol. The minimum absolute atomic E-state index is 0.154. The van der Waals surface area contributed by atoms with Crippen LogP contribution in [0.25, 0.3) is 22.9 Å². The number of benzene rings is 3. The molecular formula is C24H20N4O2. The first kappa shape index (κ1) is 19.3. The lowest BCUT2D eigenvalue weighted by atomic mass is 10.0. The Labute approximate surface area is 174 Å². The highest BCUT2D eigenvalue weighted by molar-refractivity contribution is 6.15. The van der Waals surface area contributed by atoms with Gasteiger partial charge in [0.15, 0.2) is 11.5 Å². The minimum Gasteiger partial charge on any atom is -0.456 e. The molecule has 1 aromatic heterocycles. The predicted molar refractivity (Wildman–Crippen MR) is 115 cm³/mol. The molecule has 1 heterocycles. The number of hydrogen-bond acceptors (Lipinski definition) is 5. The van der Waals surface area contributed by atoms with Crippen molar-refractivity contribution < 1.29 is 9.53 Å². The van der Waals surface area contributed by atoms with Gasteiger partial charge in [-0.05, 0) is 45.7 Å². The summed E-state index contributed by atoms with van der Waals surface area (Å²) in [5.41, 5.74) is 4.26. The number of nitrogens with zero attached hydrogens (tertiary/aromatic N) is 4. The molecule has 0 saturated heterocycles. The summed E-state index contributed by atoms with van der Waals surface area (Å²) in [4.78, 5) is 12.9. The van der Waals surface area contributed by atoms with Crippen LogP contribution in [0.15, 0.2) is 84.9 Å². The van der Waals surface area contributed by atoms with E-state index < -0.39 is 5.97 Å². The van der Waals surface area contributed by atoms with Crippen molar-refractivity contribution in [2.75, 3.05) is 0 Å². The highest BCUT2D eigenvalue weighted by Gasteiger charge is 2.18. The Balaban J connectivity index is 1.51. The second kappa shape index (κ2) is 8.96. The molecule has 4 rings (SSSR count). The Kier molecular flexibility index (Phi) is 5.75. The van der Waals surface area contributed by atoms with Gasteiger partial charge < -0.3 is 4.74 Å². The van der Waals surface area contributed by atoms with Crippen molar-refractivity contribution in [1.29, 1.82) is 0 Å². The van der Waals surface area contributed by atoms with E-state index >= 15 is 0 Å². The van der Waals surface area contributed by atoms with Crippen LogP contribution in [-0.2, 0) is 16.1 Å². The van der Waals surface area contributed by atoms with E-state index in [0.29, 0.717) is 5.82 Å². The van der Waals surface area contributed by atoms with Crippen LogP contribution in [0.1, 0.15) is 17.0 Å². The molecule has 0 aliphatic rings. The van der Waals surface area contributed by atoms with Gasteiger partial charge in [0.1, 0.15) is 6.61 Å². The molecule has 0 unspecified atom stereocenters. The third-order valence-electron chi connectivity index (χ3n) is 4.60. The maximum Gasteiger partial charge on any atom is 0.357 e. The fourth-order valence-corrected chi connectivity index (χ4v) is 3.01. The Morgan fingerprint density at radius 2 is 1.53 bits per heavy atom. The maximum absolute atomic E-state index is 12.9. The molecule has 0 fully saturated rings. The molecule has 0 N–H and O–H groups in total. The van der Waals surface area contributed by atoms with Crippen LogP contribution >= 0.6 is 0 Å². The van der Waals surface area contributed by atoms with Crippen molar-refractivity contribution in [3.63, 3.8) is 0 Å². The number of carbonyl (C=O) groups is 1. The zero-order valence-electron chi connectivity index (χ0n) is 16.5. The fraction of sp³-hybridized carbons (Fsp3) is 0.0833. The van der Waals surface area contributed by atoms with E-state index in [9.17, 15) is 4.79 Å². The summed E-state index contributed by atoms with van der Waals surface area (Å²) >= 11 is 0. The molecule has 0 bridgehead atoms. The molecule has 0 amide bonds. The molecule has 3 aromatic carbocycles. The number of esters is 1. The maximum atomic E-state index is 12.9. The van der Waals surface area contributed by atoms with Crippen LogP contribution in [0.3, 0.4) is 0 Å². The quantitative estimate of drug-likeness (QED) is 0.357. The summed E-state index contributed by atoms with van der Waals surface area (Å²) in [5, 5.41) is 11.4. The molecule has 0 radical (unpaired) electrons. The molecule has 148 valence electrons. The van der Waals surface area contributed by atoms with E-state index in [-0.39, 0.29) is 12.3 Å². The van der Waals surface area contributed by atoms with E-state index in [4.69, 9.17) is 4.74 Å². The van der Waals surface area contributed by atoms with Gasteiger partial charge in [-0.25, -0.2) is 4.79 Å². The second-order valence-corrected chi connectivity index (χ2v) is 6.72. The summed E-state index contributed by atoms with van der Waals surface area (Å²) < 4.78 is 6.95. The third-order valence-corrected chi connectivity index (χ3v) is 4.60. The lowest BCUT2D eigenvalue weighted by molar-refractivity contribution is -0.138. The first-order chi connectivity index (χ1) is 14.7. The summed E-state index contributed by atoms with van der Waals surface area (Å²) in [7, 11) is 0. The molecule has 0 aliphatic heterocycles. The molecule has 4 aromatic rings. The van der Waals surface area contributed by atoms with Crippen LogP contribution in [-0.4, -0.2) is 26.2 Å². The van der Waals surface area contributed by atoms with Gasteiger partial charge in [-0.1, -0.05) is 84.9 Å². The summed E-state index contributed by atoms with van der Waals surface area (Å²) in [6.45, 7) is 1.88. The topological polar surface area (TPSA) is 69.9 Å². The lowest BCUT2D eigenvalue weighted by Crippen LogP contribution is -2.15. The van der Waals surface area contributed by atoms with E-state index in [1.807, 2.05) is 72.8 Å². The predicted octanol–water partition coefficient (Wildman–Crippen LogP) is 4.39. The Morgan fingerprint density at radius 1 is 0.900 bits per heavy atom. The van der Waals surface area contributed by atoms with Crippen LogP contribution in [0.2, 0.25) is 0 Å². The van der Waals surface area contributed by atoms with Gasteiger partial charge in [0, 0.05) is 0 Å². The van der Waals surface area contributed by atoms with Crippen LogP contribution in [0, 0.1) is 6.92 Å². The first-order valence-corrected chi connectivity index (χ1v) is 9.54. The van der Waals surface area contributed by atoms with Crippen LogP contribution < -0.4 is 0 Å². The van der Waals surface area contributed by atoms with Crippen molar-refractivity contribution in [3.8, 4) is 11.1 Å². The zero-order valence-corrected chi connectivity index (χ0v) is 16.5. The van der Waals surface area contributed by atoms with Crippen molar-refractivity contribution >= 4 is 17.7 Å². The third kappa shape index (κ3) is 4.50. The fourth-order valence-electron chi connectivity index (χ4n) is 3.01. The van der Waals surface area contributed by atoms with E-state index in [1.54, 1.807) is 13.0 Å². The average Bonchev–Trinajstić information content (AvgIpc) is 3.23. The number of tetrazole rings is 1. The Hall–Kier alpha value is -4.06. The Bertz CT molecular complexity index is 1150. The zero-order chi connectivity index (χ0) is 20.8. The molecule has 6 nitrogen and oxygen atoms in total. The smallest absolute Gasteiger partial charge is 0.357 e. The summed E-state index contributed by atoms with van der Waals surface area (Å²) in [6.07, 6.45) is 1.71. The van der Waals surface area contributed by atoms with Gasteiger partial charge in [0.2, 0.25) is 0 Å². The monoisotopic (exact) mass is 396 g/mol. The normalized spacial score (nSPS) is 11.3. The van der Waals surface area contributed by atoms with E-state index in [1.165, 1.54) is 4.68 Å². The van der Waals surface area contributed by atoms with Crippen molar-refractivity contribution in [2.45, 2.75) is 13.5 Å². The lowest BCUT2D eigenvalue weighted by Gasteiger charge is -2.10. The van der Waals surface area contributed by atoms with Gasteiger partial charge in [-0.2, -0.15) is 4.68 Å². The SMILES string of the molecule is Cc1nnnn1/C(=C\c1ccccc1)C(=O)OCc1ccc(-c2ccccc2)cc1. The van der Waals surface area contributed by atoms with E-state index in [0.717, 1.165) is 22.3 Å². The van der Waals surface area contributed by atoms with Gasteiger partial charge in [-0.3, -0.25) is 0 Å². The van der Waals surface area contributed by atoms with Gasteiger partial charge >= 0.3 is 5.97 Å². The molecule has 0 aliphatic carbocycles. The first-order valence-electron chi connectivity index (χ1n) is 9.54. The van der Waals surface area contributed by atoms with E-state index in [2.05, 4.69) is 27.7 Å². The minimum atomic E-state index is -0.499. The second-order valence-electron chi connectivity index (χ2n) is 6.72. The van der Waals surface area contributed by atoms with Crippen LogP contribution in [0.5, 0.6) is 0 Å². The largest absolute Gasteiger partial charge is 0.456 e. The van der Waals surface area contributed by atoms with Crippen LogP contribution in [0.4, 0.5) is 0 Å². The highest BCUT2D eigenvalue weighted by atomic mass is 16.5. The number of hydrogen-bond donors (Lipinski definition) is 0. The molecule has 0 spiro atoms. The number of rotatable bonds is 6. The number of aromatic nitrogens is 4. The van der Waals surface area contributed by atoms with Crippen molar-refractivity contribution in [3.05, 3.63) is 102 Å². The number of carbonyl (C=O) groups excluding carboxylic acids is 1. The highest BCUT2D eigenvalue weighted by Crippen LogP contribution is 2.20. The molecule has 6 heteroatoms. The number of ether oxygens (including phenoxy) is 1. The Morgan fingerprint density at radius 3 is 2.17 bits per heavy atom.